The largest absolute Gasteiger partial charge is 0.369 e. The summed E-state index contributed by atoms with van der Waals surface area (Å²) in [5.74, 6) is 1.21. The minimum Gasteiger partial charge on any atom is -0.369 e. The number of anilines is 1. The van der Waals surface area contributed by atoms with E-state index in [1.54, 1.807) is 0 Å². The molecule has 0 unspecified atom stereocenters. The number of nitrogens with one attached hydrogen (secondary N) is 1. The van der Waals surface area contributed by atoms with Crippen LogP contribution in [0.25, 0.3) is 11.0 Å². The van der Waals surface area contributed by atoms with Gasteiger partial charge in [0.05, 0.1) is 17.2 Å². The average Bonchev–Trinajstić information content (AvgIpc) is 3.04. The van der Waals surface area contributed by atoms with Crippen LogP contribution in [0, 0.1) is 17.2 Å². The molecule has 1 fully saturated rings. The zero-order chi connectivity index (χ0) is 19.8. The van der Waals surface area contributed by atoms with E-state index in [0.717, 1.165) is 29.0 Å². The van der Waals surface area contributed by atoms with Crippen molar-refractivity contribution in [3.8, 4) is 6.07 Å². The molecule has 136 valence electrons. The Balaban J connectivity index is 2.05. The predicted octanol–water partition coefficient (Wildman–Crippen LogP) is -3.32. The van der Waals surface area contributed by atoms with Gasteiger partial charge in [0, 0.05) is 25.3 Å². The molecule has 27 heavy (non-hydrogen) atoms. The lowest BCUT2D eigenvalue weighted by atomic mass is 9.47. The van der Waals surface area contributed by atoms with Crippen LogP contribution in [0.2, 0.25) is 0 Å². The smallest absolute Gasteiger partial charge is 0.236 e. The van der Waals surface area contributed by atoms with Crippen molar-refractivity contribution in [3.05, 3.63) is 12.3 Å². The van der Waals surface area contributed by atoms with Gasteiger partial charge in [0.25, 0.3) is 0 Å². The zero-order valence-electron chi connectivity index (χ0n) is 16.8. The Bertz CT molecular complexity index is 889. The Hall–Kier alpha value is -2.36. The van der Waals surface area contributed by atoms with Gasteiger partial charge in [-0.2, -0.15) is 5.26 Å². The number of piperidine rings is 1. The average molecular weight is 360 g/mol. The van der Waals surface area contributed by atoms with E-state index in [1.165, 1.54) is 0 Å². The Kier molecular flexibility index (Phi) is 5.27. The summed E-state index contributed by atoms with van der Waals surface area (Å²) in [5, 5.41) is 9.70. The Labute approximate surface area is 163 Å². The van der Waals surface area contributed by atoms with Crippen molar-refractivity contribution >= 4 is 59.9 Å². The van der Waals surface area contributed by atoms with E-state index in [1.807, 2.05) is 31.1 Å². The van der Waals surface area contributed by atoms with E-state index >= 15 is 0 Å². The molecule has 11 heteroatoms. The molecule has 2 atom stereocenters. The Morgan fingerprint density at radius 3 is 2.89 bits per heavy atom. The van der Waals surface area contributed by atoms with Crippen molar-refractivity contribution < 1.29 is 4.79 Å². The minimum atomic E-state index is -0.189. The van der Waals surface area contributed by atoms with Gasteiger partial charge in [-0.15, -0.1) is 0 Å². The molecule has 0 saturated carbocycles. The van der Waals surface area contributed by atoms with Gasteiger partial charge in [0.1, 0.15) is 41.4 Å². The summed E-state index contributed by atoms with van der Waals surface area (Å²) in [6.07, 6.45) is 2.73. The molecule has 0 aromatic carbocycles. The molecule has 1 amide bonds. The van der Waals surface area contributed by atoms with Crippen LogP contribution in [0.15, 0.2) is 12.3 Å². The van der Waals surface area contributed by atoms with Crippen molar-refractivity contribution in [2.75, 3.05) is 18.0 Å². The lowest BCUT2D eigenvalue weighted by Crippen LogP contribution is -2.63. The molecule has 0 radical (unpaired) electrons. The molecular weight excluding hydrogens is 335 g/mol. The highest BCUT2D eigenvalue weighted by Gasteiger charge is 2.38. The first-order valence-electron chi connectivity index (χ1n) is 9.48. The number of carbonyl (C=O) groups is 1. The molecule has 2 aromatic heterocycles. The van der Waals surface area contributed by atoms with Gasteiger partial charge < -0.3 is 14.8 Å². The molecule has 1 N–H and O–H groups in total. The third-order valence-electron chi connectivity index (χ3n) is 5.29. The molecule has 1 aliphatic rings. The second-order valence-corrected chi connectivity index (χ2v) is 8.38. The normalized spacial score (nSPS) is 20.4. The van der Waals surface area contributed by atoms with Crippen molar-refractivity contribution in [2.45, 2.75) is 31.0 Å². The van der Waals surface area contributed by atoms with E-state index < -0.39 is 0 Å². The number of amides is 1. The quantitative estimate of drug-likeness (QED) is 0.577. The number of rotatable bonds is 4. The molecule has 0 aliphatic carbocycles. The van der Waals surface area contributed by atoms with Gasteiger partial charge in [-0.1, -0.05) is 6.92 Å². The van der Waals surface area contributed by atoms with Gasteiger partial charge in [-0.3, -0.25) is 4.79 Å². The number of hydrogen-bond acceptors (Lipinski definition) is 5. The number of nitriles is 1. The van der Waals surface area contributed by atoms with E-state index in [-0.39, 0.29) is 23.6 Å². The SMILES string of the molecule is Bc1nc(N([C@H]2CN(C(=O)CC#N)CC[C@H]2C)C(B)(B)B)c2cc[nH]c2n1. The maximum atomic E-state index is 12.3. The fourth-order valence-electron chi connectivity index (χ4n) is 3.98. The second-order valence-electron chi connectivity index (χ2n) is 8.38. The van der Waals surface area contributed by atoms with Crippen molar-refractivity contribution in [2.24, 2.45) is 5.92 Å². The summed E-state index contributed by atoms with van der Waals surface area (Å²) in [6, 6.07) is 4.11. The van der Waals surface area contributed by atoms with E-state index in [4.69, 9.17) is 10.2 Å². The van der Waals surface area contributed by atoms with Crippen LogP contribution in [0.4, 0.5) is 5.82 Å². The fraction of sp³-hybridized carbons (Fsp3) is 0.500. The molecule has 3 heterocycles. The highest BCUT2D eigenvalue weighted by molar-refractivity contribution is 6.61. The Morgan fingerprint density at radius 1 is 1.48 bits per heavy atom. The maximum Gasteiger partial charge on any atom is 0.236 e. The summed E-state index contributed by atoms with van der Waals surface area (Å²) in [5.41, 5.74) is 1.54. The van der Waals surface area contributed by atoms with Crippen molar-refractivity contribution in [1.82, 2.24) is 19.9 Å². The van der Waals surface area contributed by atoms with Crippen LogP contribution >= 0.6 is 0 Å². The molecule has 3 rings (SSSR count). The lowest BCUT2D eigenvalue weighted by molar-refractivity contribution is -0.131. The maximum absolute atomic E-state index is 12.3. The first kappa shape index (κ1) is 19.4. The van der Waals surface area contributed by atoms with Crippen LogP contribution < -0.4 is 10.6 Å². The van der Waals surface area contributed by atoms with Gasteiger partial charge >= 0.3 is 0 Å². The van der Waals surface area contributed by atoms with Crippen LogP contribution in [0.3, 0.4) is 0 Å². The standard InChI is InChI=1S/C16H24B4N6O/c1-9-4-7-25(12(27)2-5-21)8-11(9)26(16(18,19)20)14-10-3-6-22-13(10)23-15(17)24-14/h3,6,9,11H,2,4,7-8,17-20H2,1H3,(H,22,23,24)/t9-,11+/m1/s1. The topological polar surface area (TPSA) is 88.9 Å². The van der Waals surface area contributed by atoms with Crippen LogP contribution in [0.1, 0.15) is 19.8 Å². The number of nitrogens with zero attached hydrogens (tertiary/aromatic N) is 5. The number of H-pyrrole nitrogens is 1. The fourth-order valence-corrected chi connectivity index (χ4v) is 3.98. The van der Waals surface area contributed by atoms with Gasteiger partial charge in [0.15, 0.2) is 7.85 Å². The summed E-state index contributed by atoms with van der Waals surface area (Å²) < 4.78 is 0. The number of carbonyl (C=O) groups excluding carboxylic acids is 1. The number of hydrogen-bond donors (Lipinski definition) is 1. The molecule has 1 aliphatic heterocycles. The van der Waals surface area contributed by atoms with E-state index in [9.17, 15) is 4.79 Å². The lowest BCUT2D eigenvalue weighted by Gasteiger charge is -2.50. The molecule has 1 saturated heterocycles. The first-order chi connectivity index (χ1) is 12.7. The summed E-state index contributed by atoms with van der Waals surface area (Å²) >= 11 is 0. The highest BCUT2D eigenvalue weighted by Crippen LogP contribution is 2.32. The highest BCUT2D eigenvalue weighted by atomic mass is 16.2. The first-order valence-corrected chi connectivity index (χ1v) is 9.48. The van der Waals surface area contributed by atoms with E-state index in [2.05, 4.69) is 45.3 Å². The Morgan fingerprint density at radius 2 is 2.22 bits per heavy atom. The van der Waals surface area contributed by atoms with Gasteiger partial charge in [-0.25, -0.2) is 9.97 Å². The van der Waals surface area contributed by atoms with Gasteiger partial charge in [0.2, 0.25) is 5.91 Å². The molecule has 2 aromatic rings. The number of aromatic amines is 1. The monoisotopic (exact) mass is 360 g/mol. The minimum absolute atomic E-state index is 0.0642. The van der Waals surface area contributed by atoms with E-state index in [0.29, 0.717) is 19.0 Å². The second kappa shape index (κ2) is 7.34. The van der Waals surface area contributed by atoms with Crippen molar-refractivity contribution in [3.63, 3.8) is 0 Å². The van der Waals surface area contributed by atoms with Gasteiger partial charge in [-0.05, 0) is 23.6 Å². The molecular formula is C16H24B4N6O. The summed E-state index contributed by atoms with van der Waals surface area (Å²) in [6.45, 7) is 3.55. The molecule has 0 spiro atoms. The number of aromatic nitrogens is 3. The predicted molar refractivity (Wildman–Crippen MR) is 117 cm³/mol. The molecule has 0 bridgehead atoms. The summed E-state index contributed by atoms with van der Waals surface area (Å²) in [7, 11) is 8.42. The van der Waals surface area contributed by atoms with Crippen LogP contribution in [-0.4, -0.2) is 81.5 Å². The molecule has 7 nitrogen and oxygen atoms in total. The van der Waals surface area contributed by atoms with Crippen molar-refractivity contribution in [1.29, 1.82) is 5.26 Å². The van der Waals surface area contributed by atoms with Crippen LogP contribution in [0.5, 0.6) is 0 Å². The van der Waals surface area contributed by atoms with Crippen LogP contribution in [-0.2, 0) is 4.79 Å². The summed E-state index contributed by atoms with van der Waals surface area (Å²) in [4.78, 5) is 29.0. The number of likely N-dealkylation sites (tertiary alicyclic amines) is 1. The zero-order valence-corrected chi connectivity index (χ0v) is 16.8. The third-order valence-corrected chi connectivity index (χ3v) is 5.29. The third kappa shape index (κ3) is 3.85. The number of fused-ring (bicyclic) bond motifs is 1.